The van der Waals surface area contributed by atoms with E-state index < -0.39 is 6.09 Å². The van der Waals surface area contributed by atoms with Crippen molar-refractivity contribution >= 4 is 6.09 Å². The van der Waals surface area contributed by atoms with Gasteiger partial charge in [0.1, 0.15) is 5.75 Å². The van der Waals surface area contributed by atoms with Gasteiger partial charge in [-0.05, 0) is 38.3 Å². The van der Waals surface area contributed by atoms with Crippen molar-refractivity contribution in [3.63, 3.8) is 0 Å². The van der Waals surface area contributed by atoms with Crippen molar-refractivity contribution in [2.24, 2.45) is 0 Å². The fourth-order valence-electron chi connectivity index (χ4n) is 1.69. The van der Waals surface area contributed by atoms with Crippen LogP contribution in [0.3, 0.4) is 0 Å². The van der Waals surface area contributed by atoms with E-state index in [0.717, 1.165) is 32.5 Å². The molecular weight excluding hydrogens is 270 g/mol. The van der Waals surface area contributed by atoms with Crippen LogP contribution in [0.1, 0.15) is 26.2 Å². The third kappa shape index (κ3) is 9.87. The molecule has 0 saturated carbocycles. The maximum absolute atomic E-state index is 11.4. The van der Waals surface area contributed by atoms with Crippen molar-refractivity contribution in [2.45, 2.75) is 26.2 Å². The summed E-state index contributed by atoms with van der Waals surface area (Å²) in [5, 5.41) is 2.64. The van der Waals surface area contributed by atoms with Crippen molar-refractivity contribution in [1.29, 1.82) is 0 Å². The van der Waals surface area contributed by atoms with Crippen LogP contribution in [0.4, 0.5) is 4.79 Å². The third-order valence-corrected chi connectivity index (χ3v) is 2.75. The van der Waals surface area contributed by atoms with Crippen molar-refractivity contribution in [3.05, 3.63) is 30.3 Å². The third-order valence-electron chi connectivity index (χ3n) is 2.75. The highest BCUT2D eigenvalue weighted by atomic mass is 16.6. The highest BCUT2D eigenvalue weighted by molar-refractivity contribution is 5.70. The van der Waals surface area contributed by atoms with Gasteiger partial charge in [0, 0.05) is 26.4 Å². The smallest absolute Gasteiger partial charge is 0.410 e. The Morgan fingerprint density at radius 3 is 2.43 bits per heavy atom. The molecule has 5 nitrogen and oxygen atoms in total. The number of nitrogens with one attached hydrogen (secondary N) is 1. The van der Waals surface area contributed by atoms with Crippen molar-refractivity contribution in [3.8, 4) is 5.75 Å². The summed E-state index contributed by atoms with van der Waals surface area (Å²) in [6, 6.07) is 8.97. The number of carbonyl (C=O) groups is 1. The number of carbonyl (C=O) groups excluding carboxylic acids is 1. The molecule has 5 heteroatoms. The van der Waals surface area contributed by atoms with Crippen LogP contribution in [0.5, 0.6) is 5.75 Å². The van der Waals surface area contributed by atoms with Gasteiger partial charge in [-0.3, -0.25) is 0 Å². The largest absolute Gasteiger partial charge is 0.412 e. The SMILES string of the molecule is CCOCCCCCOCCNC(=O)Oc1ccccc1. The zero-order valence-corrected chi connectivity index (χ0v) is 12.7. The molecule has 1 amide bonds. The summed E-state index contributed by atoms with van der Waals surface area (Å²) in [6.07, 6.45) is 2.73. The number of benzene rings is 1. The molecule has 118 valence electrons. The van der Waals surface area contributed by atoms with Crippen molar-refractivity contribution in [2.75, 3.05) is 33.0 Å². The quantitative estimate of drug-likeness (QED) is 0.638. The van der Waals surface area contributed by atoms with E-state index in [2.05, 4.69) is 5.32 Å². The highest BCUT2D eigenvalue weighted by Gasteiger charge is 2.02. The summed E-state index contributed by atoms with van der Waals surface area (Å²) in [5.74, 6) is 0.533. The van der Waals surface area contributed by atoms with Gasteiger partial charge in [0.2, 0.25) is 0 Å². The molecule has 0 saturated heterocycles. The second-order valence-electron chi connectivity index (χ2n) is 4.50. The summed E-state index contributed by atoms with van der Waals surface area (Å²) in [6.45, 7) is 5.26. The Morgan fingerprint density at radius 1 is 1.00 bits per heavy atom. The zero-order valence-electron chi connectivity index (χ0n) is 12.7. The molecule has 1 aromatic carbocycles. The lowest BCUT2D eigenvalue weighted by Crippen LogP contribution is -2.30. The molecule has 0 aliphatic heterocycles. The minimum atomic E-state index is -0.457. The van der Waals surface area contributed by atoms with Crippen LogP contribution >= 0.6 is 0 Å². The van der Waals surface area contributed by atoms with Gasteiger partial charge >= 0.3 is 6.09 Å². The maximum atomic E-state index is 11.4. The van der Waals surface area contributed by atoms with Crippen LogP contribution in [0, 0.1) is 0 Å². The molecule has 0 bridgehead atoms. The van der Waals surface area contributed by atoms with Gasteiger partial charge in [-0.25, -0.2) is 4.79 Å². The second kappa shape index (κ2) is 12.2. The Bertz CT molecular complexity index is 370. The van der Waals surface area contributed by atoms with E-state index in [-0.39, 0.29) is 0 Å². The Hall–Kier alpha value is -1.59. The molecule has 0 unspecified atom stereocenters. The molecule has 0 aliphatic rings. The summed E-state index contributed by atoms with van der Waals surface area (Å²) in [7, 11) is 0. The van der Waals surface area contributed by atoms with E-state index in [0.29, 0.717) is 25.5 Å². The maximum Gasteiger partial charge on any atom is 0.412 e. The molecule has 21 heavy (non-hydrogen) atoms. The first-order chi connectivity index (χ1) is 10.3. The van der Waals surface area contributed by atoms with Gasteiger partial charge in [-0.1, -0.05) is 18.2 Å². The fourth-order valence-corrected chi connectivity index (χ4v) is 1.69. The molecule has 0 heterocycles. The number of amides is 1. The average molecular weight is 295 g/mol. The van der Waals surface area contributed by atoms with Gasteiger partial charge in [0.15, 0.2) is 0 Å². The van der Waals surface area contributed by atoms with E-state index in [9.17, 15) is 4.79 Å². The Labute approximate surface area is 126 Å². The first-order valence-corrected chi connectivity index (χ1v) is 7.49. The van der Waals surface area contributed by atoms with E-state index in [1.807, 2.05) is 25.1 Å². The van der Waals surface area contributed by atoms with Crippen molar-refractivity contribution in [1.82, 2.24) is 5.32 Å². The second-order valence-corrected chi connectivity index (χ2v) is 4.50. The molecule has 0 atom stereocenters. The number of hydrogen-bond acceptors (Lipinski definition) is 4. The minimum absolute atomic E-state index is 0.449. The summed E-state index contributed by atoms with van der Waals surface area (Å²) < 4.78 is 15.8. The lowest BCUT2D eigenvalue weighted by atomic mass is 10.2. The van der Waals surface area contributed by atoms with Gasteiger partial charge in [0.05, 0.1) is 6.61 Å². The van der Waals surface area contributed by atoms with Crippen LogP contribution in [-0.2, 0) is 9.47 Å². The van der Waals surface area contributed by atoms with Crippen LogP contribution < -0.4 is 10.1 Å². The van der Waals surface area contributed by atoms with Crippen LogP contribution in [0.25, 0.3) is 0 Å². The summed E-state index contributed by atoms with van der Waals surface area (Å²) in [5.41, 5.74) is 0. The number of rotatable bonds is 11. The molecule has 0 fully saturated rings. The normalized spacial score (nSPS) is 10.3. The number of ether oxygens (including phenoxy) is 3. The van der Waals surface area contributed by atoms with E-state index in [4.69, 9.17) is 14.2 Å². The van der Waals surface area contributed by atoms with E-state index in [1.54, 1.807) is 12.1 Å². The van der Waals surface area contributed by atoms with Crippen LogP contribution in [0.2, 0.25) is 0 Å². The van der Waals surface area contributed by atoms with Gasteiger partial charge < -0.3 is 19.5 Å². The number of hydrogen-bond donors (Lipinski definition) is 1. The first kappa shape index (κ1) is 17.5. The van der Waals surface area contributed by atoms with E-state index in [1.165, 1.54) is 0 Å². The monoisotopic (exact) mass is 295 g/mol. The summed E-state index contributed by atoms with van der Waals surface area (Å²) in [4.78, 5) is 11.4. The molecule has 0 aromatic heterocycles. The Morgan fingerprint density at radius 2 is 1.71 bits per heavy atom. The molecule has 1 aromatic rings. The molecule has 1 N–H and O–H groups in total. The topological polar surface area (TPSA) is 56.8 Å². The van der Waals surface area contributed by atoms with Gasteiger partial charge in [-0.15, -0.1) is 0 Å². The minimum Gasteiger partial charge on any atom is -0.410 e. The van der Waals surface area contributed by atoms with Gasteiger partial charge in [0.25, 0.3) is 0 Å². The average Bonchev–Trinajstić information content (AvgIpc) is 2.50. The standard InChI is InChI=1S/C16H25NO4/c1-2-19-12-7-4-8-13-20-14-11-17-16(18)21-15-9-5-3-6-10-15/h3,5-6,9-10H,2,4,7-8,11-14H2,1H3,(H,17,18). The molecule has 0 aliphatic carbocycles. The van der Waals surface area contributed by atoms with Gasteiger partial charge in [-0.2, -0.15) is 0 Å². The summed E-state index contributed by atoms with van der Waals surface area (Å²) >= 11 is 0. The number of para-hydroxylation sites is 1. The van der Waals surface area contributed by atoms with Crippen LogP contribution in [0.15, 0.2) is 30.3 Å². The Balaban J connectivity index is 1.89. The lowest BCUT2D eigenvalue weighted by Gasteiger charge is -2.07. The zero-order chi connectivity index (χ0) is 15.2. The lowest BCUT2D eigenvalue weighted by molar-refractivity contribution is 0.119. The highest BCUT2D eigenvalue weighted by Crippen LogP contribution is 2.07. The number of unbranched alkanes of at least 4 members (excludes halogenated alkanes) is 2. The molecule has 0 spiro atoms. The molecule has 1 rings (SSSR count). The first-order valence-electron chi connectivity index (χ1n) is 7.49. The molecular formula is C16H25NO4. The van der Waals surface area contributed by atoms with Crippen molar-refractivity contribution < 1.29 is 19.0 Å². The molecule has 0 radical (unpaired) electrons. The van der Waals surface area contributed by atoms with E-state index >= 15 is 0 Å². The predicted octanol–water partition coefficient (Wildman–Crippen LogP) is 3.00. The van der Waals surface area contributed by atoms with Crippen LogP contribution in [-0.4, -0.2) is 39.1 Å². The fraction of sp³-hybridized carbons (Fsp3) is 0.562. The predicted molar refractivity (Wildman–Crippen MR) is 81.6 cm³/mol. The Kier molecular flexibility index (Phi) is 10.1.